The van der Waals surface area contributed by atoms with Gasteiger partial charge in [-0.2, -0.15) is 0 Å². The lowest BCUT2D eigenvalue weighted by molar-refractivity contribution is -0.128. The minimum Gasteiger partial charge on any atom is -0.347 e. The van der Waals surface area contributed by atoms with E-state index in [1.807, 2.05) is 4.90 Å². The minimum atomic E-state index is -0.230. The normalized spacial score (nSPS) is 22.2. The molecule has 2 amide bonds. The van der Waals surface area contributed by atoms with Crippen LogP contribution in [0.5, 0.6) is 0 Å². The molecule has 6 heteroatoms. The van der Waals surface area contributed by atoms with Gasteiger partial charge in [0.1, 0.15) is 0 Å². The van der Waals surface area contributed by atoms with Gasteiger partial charge in [-0.1, -0.05) is 27.5 Å². The van der Waals surface area contributed by atoms with Crippen molar-refractivity contribution in [2.45, 2.75) is 31.3 Å². The first-order chi connectivity index (χ1) is 9.54. The molecule has 1 aromatic carbocycles. The largest absolute Gasteiger partial charge is 0.347 e. The molecule has 4 nitrogen and oxygen atoms in total. The van der Waals surface area contributed by atoms with Crippen LogP contribution in [0, 0.1) is 0 Å². The van der Waals surface area contributed by atoms with E-state index >= 15 is 0 Å². The monoisotopic (exact) mass is 356 g/mol. The Bertz CT molecular complexity index is 574. The number of hydrogen-bond donors (Lipinski definition) is 1. The highest BCUT2D eigenvalue weighted by Gasteiger charge is 2.39. The molecule has 0 spiro atoms. The van der Waals surface area contributed by atoms with E-state index in [1.165, 1.54) is 0 Å². The first kappa shape index (κ1) is 13.9. The van der Waals surface area contributed by atoms with E-state index in [0.29, 0.717) is 29.6 Å². The summed E-state index contributed by atoms with van der Waals surface area (Å²) in [5.41, 5.74) is 0.429. The summed E-state index contributed by atoms with van der Waals surface area (Å²) in [4.78, 5) is 26.0. The molecule has 0 unspecified atom stereocenters. The van der Waals surface area contributed by atoms with Crippen LogP contribution >= 0.6 is 27.5 Å². The number of nitrogens with zero attached hydrogens (tertiary/aromatic N) is 1. The number of benzene rings is 1. The first-order valence-electron chi connectivity index (χ1n) is 6.60. The van der Waals surface area contributed by atoms with Gasteiger partial charge in [0, 0.05) is 23.5 Å². The zero-order valence-electron chi connectivity index (χ0n) is 10.7. The fourth-order valence-electron chi connectivity index (χ4n) is 2.50. The highest BCUT2D eigenvalue weighted by atomic mass is 79.9. The molecule has 1 atom stereocenters. The van der Waals surface area contributed by atoms with Crippen LogP contribution in [0.3, 0.4) is 0 Å². The van der Waals surface area contributed by atoms with E-state index in [2.05, 4.69) is 21.2 Å². The maximum absolute atomic E-state index is 12.2. The summed E-state index contributed by atoms with van der Waals surface area (Å²) in [7, 11) is 0. The third kappa shape index (κ3) is 2.83. The van der Waals surface area contributed by atoms with Crippen LogP contribution < -0.4 is 5.32 Å². The number of carbonyl (C=O) groups is 2. The molecule has 1 aliphatic heterocycles. The third-order valence-corrected chi connectivity index (χ3v) is 4.48. The van der Waals surface area contributed by atoms with Gasteiger partial charge in [0.2, 0.25) is 5.91 Å². The molecule has 0 aromatic heterocycles. The van der Waals surface area contributed by atoms with E-state index in [1.54, 1.807) is 18.2 Å². The van der Waals surface area contributed by atoms with Gasteiger partial charge < -0.3 is 10.2 Å². The molecule has 1 saturated carbocycles. The van der Waals surface area contributed by atoms with Crippen molar-refractivity contribution in [3.8, 4) is 0 Å². The smallest absolute Gasteiger partial charge is 0.253 e. The van der Waals surface area contributed by atoms with Crippen LogP contribution in [-0.4, -0.2) is 35.3 Å². The number of rotatable bonds is 3. The molecule has 2 fully saturated rings. The molecule has 3 rings (SSSR count). The Morgan fingerprint density at radius 3 is 2.85 bits per heavy atom. The highest BCUT2D eigenvalue weighted by Crippen LogP contribution is 2.30. The highest BCUT2D eigenvalue weighted by molar-refractivity contribution is 9.10. The van der Waals surface area contributed by atoms with Gasteiger partial charge in [-0.25, -0.2) is 0 Å². The van der Waals surface area contributed by atoms with Gasteiger partial charge in [-0.3, -0.25) is 9.59 Å². The molecule has 20 heavy (non-hydrogen) atoms. The Labute approximate surface area is 130 Å². The molecule has 1 saturated heterocycles. The van der Waals surface area contributed by atoms with Crippen molar-refractivity contribution in [2.24, 2.45) is 0 Å². The van der Waals surface area contributed by atoms with Crippen LogP contribution in [0.15, 0.2) is 22.7 Å². The van der Waals surface area contributed by atoms with E-state index in [9.17, 15) is 9.59 Å². The second-order valence-corrected chi connectivity index (χ2v) is 6.60. The number of likely N-dealkylation sites (tertiary alicyclic amines) is 1. The van der Waals surface area contributed by atoms with Gasteiger partial charge in [0.25, 0.3) is 5.91 Å². The number of hydrogen-bond acceptors (Lipinski definition) is 2. The van der Waals surface area contributed by atoms with Crippen molar-refractivity contribution in [2.75, 3.05) is 6.54 Å². The molecule has 2 aliphatic rings. The van der Waals surface area contributed by atoms with Gasteiger partial charge in [-0.05, 0) is 31.0 Å². The van der Waals surface area contributed by atoms with Gasteiger partial charge >= 0.3 is 0 Å². The van der Waals surface area contributed by atoms with Crippen molar-refractivity contribution in [1.82, 2.24) is 10.2 Å². The van der Waals surface area contributed by atoms with E-state index < -0.39 is 0 Å². The molecule has 1 N–H and O–H groups in total. The summed E-state index contributed by atoms with van der Waals surface area (Å²) < 4.78 is 0.800. The van der Waals surface area contributed by atoms with Gasteiger partial charge in [0.15, 0.2) is 0 Å². The summed E-state index contributed by atoms with van der Waals surface area (Å²) in [6.45, 7) is 0.612. The second-order valence-electron chi connectivity index (χ2n) is 5.28. The molecule has 0 radical (unpaired) electrons. The number of nitrogens with one attached hydrogen (secondary N) is 1. The molecule has 1 heterocycles. The SMILES string of the molecule is O=C(N[C@@H]1CC(=O)N(C2CC2)C1)c1cc(Br)ccc1Cl. The Balaban J connectivity index is 1.67. The van der Waals surface area contributed by atoms with Crippen molar-refractivity contribution in [3.63, 3.8) is 0 Å². The molecule has 0 bridgehead atoms. The Kier molecular flexibility index (Phi) is 3.73. The summed E-state index contributed by atoms with van der Waals surface area (Å²) in [6.07, 6.45) is 2.56. The quantitative estimate of drug-likeness (QED) is 0.904. The fourth-order valence-corrected chi connectivity index (χ4v) is 3.07. The van der Waals surface area contributed by atoms with E-state index in [0.717, 1.165) is 17.3 Å². The molecule has 1 aliphatic carbocycles. The molecule has 106 valence electrons. The number of amides is 2. The zero-order chi connectivity index (χ0) is 14.3. The standard InChI is InChI=1S/C14H14BrClN2O2/c15-8-1-4-12(16)11(5-8)14(20)17-9-6-13(19)18(7-9)10-2-3-10/h1,4-5,9-10H,2-3,6-7H2,(H,17,20)/t9-/m1/s1. The Morgan fingerprint density at radius 1 is 1.40 bits per heavy atom. The Morgan fingerprint density at radius 2 is 2.15 bits per heavy atom. The third-order valence-electron chi connectivity index (χ3n) is 3.65. The van der Waals surface area contributed by atoms with Crippen molar-refractivity contribution < 1.29 is 9.59 Å². The lowest BCUT2D eigenvalue weighted by Crippen LogP contribution is -2.37. The predicted molar refractivity (Wildman–Crippen MR) is 79.8 cm³/mol. The van der Waals surface area contributed by atoms with Gasteiger partial charge in [0.05, 0.1) is 16.6 Å². The van der Waals surface area contributed by atoms with E-state index in [4.69, 9.17) is 11.6 Å². The van der Waals surface area contributed by atoms with Crippen LogP contribution in [-0.2, 0) is 4.79 Å². The van der Waals surface area contributed by atoms with Crippen LogP contribution in [0.25, 0.3) is 0 Å². The summed E-state index contributed by atoms with van der Waals surface area (Å²) in [5.74, 6) is -0.0927. The average Bonchev–Trinajstić information content (AvgIpc) is 3.17. The maximum Gasteiger partial charge on any atom is 0.253 e. The van der Waals surface area contributed by atoms with Crippen molar-refractivity contribution >= 4 is 39.3 Å². The fraction of sp³-hybridized carbons (Fsp3) is 0.429. The molecular formula is C14H14BrClN2O2. The summed E-state index contributed by atoms with van der Waals surface area (Å²) >= 11 is 9.36. The summed E-state index contributed by atoms with van der Waals surface area (Å²) in [6, 6.07) is 5.43. The van der Waals surface area contributed by atoms with Crippen LogP contribution in [0.4, 0.5) is 0 Å². The maximum atomic E-state index is 12.2. The number of carbonyl (C=O) groups excluding carboxylic acids is 2. The Hall–Kier alpha value is -1.07. The van der Waals surface area contributed by atoms with E-state index in [-0.39, 0.29) is 17.9 Å². The van der Waals surface area contributed by atoms with Gasteiger partial charge in [-0.15, -0.1) is 0 Å². The van der Waals surface area contributed by atoms with Crippen LogP contribution in [0.2, 0.25) is 5.02 Å². The first-order valence-corrected chi connectivity index (χ1v) is 7.77. The molecule has 1 aromatic rings. The number of halogens is 2. The minimum absolute atomic E-state index is 0.120. The zero-order valence-corrected chi connectivity index (χ0v) is 13.1. The van der Waals surface area contributed by atoms with Crippen LogP contribution in [0.1, 0.15) is 29.6 Å². The topological polar surface area (TPSA) is 49.4 Å². The average molecular weight is 358 g/mol. The van der Waals surface area contributed by atoms with Crippen molar-refractivity contribution in [3.05, 3.63) is 33.3 Å². The lowest BCUT2D eigenvalue weighted by Gasteiger charge is -2.16. The molecular weight excluding hydrogens is 344 g/mol. The lowest BCUT2D eigenvalue weighted by atomic mass is 10.2. The second kappa shape index (κ2) is 5.37. The summed E-state index contributed by atoms with van der Waals surface area (Å²) in [5, 5.41) is 3.31. The predicted octanol–water partition coefficient (Wildman–Crippen LogP) is 2.60. The van der Waals surface area contributed by atoms with Crippen molar-refractivity contribution in [1.29, 1.82) is 0 Å².